The van der Waals surface area contributed by atoms with Gasteiger partial charge in [-0.25, -0.2) is 9.59 Å². The molecule has 182 valence electrons. The number of nitrogens with one attached hydrogen (secondary N) is 2. The van der Waals surface area contributed by atoms with Crippen LogP contribution in [0.3, 0.4) is 0 Å². The minimum absolute atomic E-state index is 0.0814. The topological polar surface area (TPSA) is 105 Å². The second kappa shape index (κ2) is 12.5. The summed E-state index contributed by atoms with van der Waals surface area (Å²) in [5, 5.41) is 14.6. The molecule has 3 rings (SSSR count). The van der Waals surface area contributed by atoms with Gasteiger partial charge < -0.3 is 20.5 Å². The first-order chi connectivity index (χ1) is 16.5. The largest absolute Gasteiger partial charge is 0.480 e. The number of fused-ring (bicyclic) bond motifs is 3. The number of aliphatic carboxylic acids is 1. The first-order valence-corrected chi connectivity index (χ1v) is 13.0. The fourth-order valence-electron chi connectivity index (χ4n) is 4.22. The van der Waals surface area contributed by atoms with Gasteiger partial charge in [-0.05, 0) is 47.1 Å². The fraction of sp³-hybridized carbons (Fsp3) is 0.423. The van der Waals surface area contributed by atoms with Gasteiger partial charge in [0.05, 0.1) is 0 Å². The molecule has 1 aliphatic carbocycles. The maximum absolute atomic E-state index is 12.8. The fourth-order valence-corrected chi connectivity index (χ4v) is 4.70. The number of carboxylic acids is 1. The van der Waals surface area contributed by atoms with Crippen LogP contribution in [0.1, 0.15) is 49.7 Å². The Morgan fingerprint density at radius 3 is 2.15 bits per heavy atom. The quantitative estimate of drug-likeness (QED) is 0.412. The van der Waals surface area contributed by atoms with Crippen LogP contribution in [0.4, 0.5) is 4.79 Å². The van der Waals surface area contributed by atoms with Crippen LogP contribution in [0.15, 0.2) is 48.5 Å². The van der Waals surface area contributed by atoms with E-state index in [1.54, 1.807) is 11.8 Å². The summed E-state index contributed by atoms with van der Waals surface area (Å²) >= 11 is 1.54. The molecule has 0 saturated heterocycles. The van der Waals surface area contributed by atoms with Crippen molar-refractivity contribution in [2.45, 2.75) is 50.6 Å². The van der Waals surface area contributed by atoms with E-state index in [2.05, 4.69) is 22.8 Å². The molecule has 8 heteroatoms. The molecule has 2 amide bonds. The number of ether oxygens (including phenoxy) is 1. The summed E-state index contributed by atoms with van der Waals surface area (Å²) in [5.74, 6) is -1.03. The number of hydrogen-bond acceptors (Lipinski definition) is 5. The number of unbranched alkanes of at least 4 members (excludes halogenated alkanes) is 1. The maximum atomic E-state index is 12.8. The van der Waals surface area contributed by atoms with Crippen molar-refractivity contribution >= 4 is 29.7 Å². The van der Waals surface area contributed by atoms with Gasteiger partial charge >= 0.3 is 12.1 Å². The second-order valence-corrected chi connectivity index (χ2v) is 9.33. The molecule has 0 aliphatic heterocycles. The molecule has 1 unspecified atom stereocenters. The average Bonchev–Trinajstić information content (AvgIpc) is 3.16. The summed E-state index contributed by atoms with van der Waals surface area (Å²) in [5.41, 5.74) is 4.48. The van der Waals surface area contributed by atoms with Gasteiger partial charge in [-0.15, -0.1) is 0 Å². The highest BCUT2D eigenvalue weighted by molar-refractivity contribution is 7.98. The number of carboxylic acid groups (broad SMARTS) is 1. The second-order valence-electron chi connectivity index (χ2n) is 8.35. The summed E-state index contributed by atoms with van der Waals surface area (Å²) < 4.78 is 5.56. The van der Waals surface area contributed by atoms with Gasteiger partial charge in [-0.3, -0.25) is 4.79 Å². The molecule has 34 heavy (non-hydrogen) atoms. The number of hydrogen-bond donors (Lipinski definition) is 3. The molecular formula is C26H32N2O5S. The first kappa shape index (κ1) is 25.6. The zero-order valence-corrected chi connectivity index (χ0v) is 20.4. The van der Waals surface area contributed by atoms with E-state index in [1.807, 2.05) is 49.6 Å². The highest BCUT2D eigenvalue weighted by Gasteiger charge is 2.30. The Kier molecular flexibility index (Phi) is 9.39. The van der Waals surface area contributed by atoms with Gasteiger partial charge in [0, 0.05) is 5.92 Å². The van der Waals surface area contributed by atoms with E-state index >= 15 is 0 Å². The van der Waals surface area contributed by atoms with Crippen LogP contribution < -0.4 is 10.6 Å². The summed E-state index contributed by atoms with van der Waals surface area (Å²) in [6, 6.07) is 14.3. The lowest BCUT2D eigenvalue weighted by Crippen LogP contribution is -2.52. The minimum atomic E-state index is -1.08. The van der Waals surface area contributed by atoms with Gasteiger partial charge in [0.25, 0.3) is 0 Å². The Morgan fingerprint density at radius 1 is 0.971 bits per heavy atom. The van der Waals surface area contributed by atoms with Crippen LogP contribution in [0, 0.1) is 0 Å². The van der Waals surface area contributed by atoms with Crippen molar-refractivity contribution in [1.82, 2.24) is 10.6 Å². The highest BCUT2D eigenvalue weighted by atomic mass is 32.2. The molecule has 0 bridgehead atoms. The third-order valence-electron chi connectivity index (χ3n) is 6.02. The van der Waals surface area contributed by atoms with Crippen molar-refractivity contribution in [3.05, 3.63) is 59.7 Å². The summed E-state index contributed by atoms with van der Waals surface area (Å²) in [6.45, 7) is 2.10. The Balaban J connectivity index is 1.64. The maximum Gasteiger partial charge on any atom is 0.407 e. The number of carbonyl (C=O) groups is 3. The molecule has 0 heterocycles. The number of thioether (sulfide) groups is 1. The Hall–Kier alpha value is -3.00. The standard InChI is InChI=1S/C26H32N2O5S/c1-3-4-13-23(25(30)31)27-24(29)22(14-15-34-2)28-26(32)33-16-21-19-11-7-5-9-17(19)18-10-6-8-12-20(18)21/h5-12,21-23H,3-4,13-16H2,1-2H3,(H,27,29)(H,28,32)(H,30,31)/t22?,23-/m0/s1. The number of amides is 2. The van der Waals surface area contributed by atoms with Crippen molar-refractivity contribution in [2.75, 3.05) is 18.6 Å². The monoisotopic (exact) mass is 484 g/mol. The number of benzene rings is 2. The molecule has 2 atom stereocenters. The third kappa shape index (κ3) is 6.32. The summed E-state index contributed by atoms with van der Waals surface area (Å²) in [6.07, 6.45) is 3.45. The Bertz CT molecular complexity index is 967. The molecule has 0 saturated carbocycles. The Morgan fingerprint density at radius 2 is 1.59 bits per heavy atom. The zero-order chi connectivity index (χ0) is 24.5. The predicted molar refractivity (Wildman–Crippen MR) is 134 cm³/mol. The summed E-state index contributed by atoms with van der Waals surface area (Å²) in [4.78, 5) is 37.0. The molecule has 2 aromatic rings. The van der Waals surface area contributed by atoms with Gasteiger partial charge in [0.2, 0.25) is 5.91 Å². The zero-order valence-electron chi connectivity index (χ0n) is 19.6. The molecule has 1 aliphatic rings. The Labute approximate surface area is 204 Å². The average molecular weight is 485 g/mol. The summed E-state index contributed by atoms with van der Waals surface area (Å²) in [7, 11) is 0. The smallest absolute Gasteiger partial charge is 0.407 e. The van der Waals surface area contributed by atoms with E-state index < -0.39 is 30.1 Å². The van der Waals surface area contributed by atoms with Crippen molar-refractivity contribution in [2.24, 2.45) is 0 Å². The van der Waals surface area contributed by atoms with Crippen LogP contribution >= 0.6 is 11.8 Å². The van der Waals surface area contributed by atoms with Crippen molar-refractivity contribution in [1.29, 1.82) is 0 Å². The highest BCUT2D eigenvalue weighted by Crippen LogP contribution is 2.44. The van der Waals surface area contributed by atoms with Crippen LogP contribution in [-0.2, 0) is 14.3 Å². The molecule has 7 nitrogen and oxygen atoms in total. The van der Waals surface area contributed by atoms with E-state index in [1.165, 1.54) is 0 Å². The molecule has 0 radical (unpaired) electrons. The normalized spacial score (nSPS) is 13.9. The van der Waals surface area contributed by atoms with Crippen molar-refractivity contribution in [3.63, 3.8) is 0 Å². The minimum Gasteiger partial charge on any atom is -0.480 e. The lowest BCUT2D eigenvalue weighted by atomic mass is 9.98. The lowest BCUT2D eigenvalue weighted by molar-refractivity contribution is -0.142. The van der Waals surface area contributed by atoms with Crippen molar-refractivity contribution in [3.8, 4) is 11.1 Å². The van der Waals surface area contributed by atoms with E-state index in [4.69, 9.17) is 4.74 Å². The van der Waals surface area contributed by atoms with Crippen molar-refractivity contribution < 1.29 is 24.2 Å². The molecular weight excluding hydrogens is 452 g/mol. The van der Waals surface area contributed by atoms with Crippen LogP contribution in [0.2, 0.25) is 0 Å². The predicted octanol–water partition coefficient (Wildman–Crippen LogP) is 4.41. The van der Waals surface area contributed by atoms with Gasteiger partial charge in [0.1, 0.15) is 18.7 Å². The van der Waals surface area contributed by atoms with E-state index in [9.17, 15) is 19.5 Å². The van der Waals surface area contributed by atoms with E-state index in [0.717, 1.165) is 28.7 Å². The van der Waals surface area contributed by atoms with Crippen LogP contribution in [-0.4, -0.2) is 53.8 Å². The molecule has 3 N–H and O–H groups in total. The lowest BCUT2D eigenvalue weighted by Gasteiger charge is -2.22. The van der Waals surface area contributed by atoms with Gasteiger partial charge in [-0.2, -0.15) is 11.8 Å². The first-order valence-electron chi connectivity index (χ1n) is 11.6. The van der Waals surface area contributed by atoms with Crippen LogP contribution in [0.5, 0.6) is 0 Å². The number of alkyl carbamates (subject to hydrolysis) is 1. The van der Waals surface area contributed by atoms with Gasteiger partial charge in [-0.1, -0.05) is 68.3 Å². The SMILES string of the molecule is CCCC[C@H](NC(=O)C(CCSC)NC(=O)OCC1c2ccccc2-c2ccccc21)C(=O)O. The molecule has 2 aromatic carbocycles. The molecule has 0 spiro atoms. The number of carbonyl (C=O) groups excluding carboxylic acids is 2. The molecule has 0 aromatic heterocycles. The van der Waals surface area contributed by atoms with Gasteiger partial charge in [0.15, 0.2) is 0 Å². The van der Waals surface area contributed by atoms with E-state index in [0.29, 0.717) is 25.0 Å². The third-order valence-corrected chi connectivity index (χ3v) is 6.67. The van der Waals surface area contributed by atoms with E-state index in [-0.39, 0.29) is 12.5 Å². The number of rotatable bonds is 12. The molecule has 0 fully saturated rings. The van der Waals surface area contributed by atoms with Crippen LogP contribution in [0.25, 0.3) is 11.1 Å².